The van der Waals surface area contributed by atoms with Crippen LogP contribution in [0.2, 0.25) is 0 Å². The lowest BCUT2D eigenvalue weighted by atomic mass is 10.1. The highest BCUT2D eigenvalue weighted by Crippen LogP contribution is 2.06. The van der Waals surface area contributed by atoms with Crippen LogP contribution in [0.4, 0.5) is 0 Å². The van der Waals surface area contributed by atoms with Crippen LogP contribution in [0.5, 0.6) is 0 Å². The molecule has 2 aromatic heterocycles. The minimum absolute atomic E-state index is 0.0377. The van der Waals surface area contributed by atoms with Crippen LogP contribution >= 0.6 is 0 Å². The summed E-state index contributed by atoms with van der Waals surface area (Å²) in [6.07, 6.45) is 5.18. The number of hydrogen-bond acceptors (Lipinski definition) is 9. The molecule has 2 rings (SSSR count). The van der Waals surface area contributed by atoms with E-state index in [2.05, 4.69) is 40.9 Å². The van der Waals surface area contributed by atoms with Gasteiger partial charge in [0.05, 0.1) is 18.7 Å². The van der Waals surface area contributed by atoms with Crippen molar-refractivity contribution in [2.24, 2.45) is 22.2 Å². The van der Waals surface area contributed by atoms with E-state index in [1.165, 1.54) is 25.0 Å². The highest BCUT2D eigenvalue weighted by Gasteiger charge is 2.31. The molecule has 2 heterocycles. The van der Waals surface area contributed by atoms with E-state index in [1.54, 1.807) is 0 Å². The Hall–Kier alpha value is -5.00. The number of rotatable bonds is 18. The van der Waals surface area contributed by atoms with E-state index < -0.39 is 53.8 Å². The molecule has 18 heteroatoms. The highest BCUT2D eigenvalue weighted by molar-refractivity contribution is 5.94. The van der Waals surface area contributed by atoms with Crippen molar-refractivity contribution in [1.29, 1.82) is 0 Å². The molecule has 0 aliphatic carbocycles. The molecule has 0 aromatic carbocycles. The molecule has 0 fully saturated rings. The molecule has 0 bridgehead atoms. The molecule has 0 aliphatic heterocycles. The number of nitrogens with two attached hydrogens (primary N) is 3. The van der Waals surface area contributed by atoms with Gasteiger partial charge in [0.15, 0.2) is 5.96 Å². The number of amides is 3. The summed E-state index contributed by atoms with van der Waals surface area (Å²) in [6, 6.07) is -5.03. The van der Waals surface area contributed by atoms with Gasteiger partial charge in [-0.05, 0) is 19.3 Å². The summed E-state index contributed by atoms with van der Waals surface area (Å²) in [4.78, 5) is 79.0. The van der Waals surface area contributed by atoms with Crippen molar-refractivity contribution in [1.82, 2.24) is 35.9 Å². The molecule has 0 saturated heterocycles. The molecule has 224 valence electrons. The fraction of sp³-hybridized carbons (Fsp3) is 0.478. The van der Waals surface area contributed by atoms with Gasteiger partial charge in [0.1, 0.15) is 18.1 Å². The fourth-order valence-electron chi connectivity index (χ4n) is 3.65. The summed E-state index contributed by atoms with van der Waals surface area (Å²) in [7, 11) is 0. The molecular formula is C23H35N11O7. The molecule has 0 saturated carbocycles. The molecule has 4 atom stereocenters. The zero-order chi connectivity index (χ0) is 30.4. The first-order valence-electron chi connectivity index (χ1n) is 12.6. The number of aliphatic imine (C=N–C) groups is 1. The second kappa shape index (κ2) is 16.2. The summed E-state index contributed by atoms with van der Waals surface area (Å²) in [5, 5.41) is 26.0. The molecule has 0 radical (unpaired) electrons. The Bertz CT molecular complexity index is 1180. The number of aromatic nitrogens is 4. The molecule has 0 aliphatic rings. The standard InChI is InChI=1S/C23H35N11O7/c24-14(3-4-18(35)36)19(37)32-15(2-1-5-29-23(25)26)20(38)33-16(6-12-8-27-10-30-12)21(39)34-17(22(40)41)7-13-9-28-11-31-13/h8-11,14-17H,1-7,24H2,(H,27,30)(H,28,31)(H,32,37)(H,33,38)(H,34,39)(H,35,36)(H,40,41)(H4,25,26,29). The number of nitrogens with zero attached hydrogens (tertiary/aromatic N) is 3. The average molecular weight is 578 g/mol. The number of H-pyrrole nitrogens is 2. The van der Waals surface area contributed by atoms with Gasteiger partial charge in [-0.2, -0.15) is 0 Å². The van der Waals surface area contributed by atoms with E-state index in [9.17, 15) is 29.1 Å². The SMILES string of the molecule is NC(N)=NCCCC(NC(=O)C(N)CCC(=O)O)C(=O)NC(Cc1cnc[nH]1)C(=O)NC(Cc1cnc[nH]1)C(=O)O. The number of imidazole rings is 2. The Kier molecular flexibility index (Phi) is 12.7. The van der Waals surface area contributed by atoms with E-state index in [0.717, 1.165) is 0 Å². The lowest BCUT2D eigenvalue weighted by Gasteiger charge is -2.25. The zero-order valence-electron chi connectivity index (χ0n) is 22.1. The summed E-state index contributed by atoms with van der Waals surface area (Å²) in [5.41, 5.74) is 17.4. The van der Waals surface area contributed by atoms with Crippen LogP contribution in [-0.2, 0) is 36.8 Å². The highest BCUT2D eigenvalue weighted by atomic mass is 16.4. The van der Waals surface area contributed by atoms with Crippen molar-refractivity contribution < 1.29 is 34.2 Å². The predicted octanol–water partition coefficient (Wildman–Crippen LogP) is -3.30. The lowest BCUT2D eigenvalue weighted by molar-refractivity contribution is -0.142. The van der Waals surface area contributed by atoms with Crippen LogP contribution in [0.1, 0.15) is 37.1 Å². The van der Waals surface area contributed by atoms with Crippen molar-refractivity contribution in [3.05, 3.63) is 36.4 Å². The molecule has 41 heavy (non-hydrogen) atoms. The van der Waals surface area contributed by atoms with Gasteiger partial charge < -0.3 is 53.3 Å². The maximum atomic E-state index is 13.3. The van der Waals surface area contributed by atoms with Crippen LogP contribution in [0.15, 0.2) is 30.0 Å². The number of aromatic amines is 2. The lowest BCUT2D eigenvalue weighted by Crippen LogP contribution is -2.58. The Labute approximate surface area is 234 Å². The van der Waals surface area contributed by atoms with Gasteiger partial charge in [0.25, 0.3) is 0 Å². The van der Waals surface area contributed by atoms with Gasteiger partial charge in [-0.1, -0.05) is 0 Å². The van der Waals surface area contributed by atoms with Crippen LogP contribution in [0.3, 0.4) is 0 Å². The smallest absolute Gasteiger partial charge is 0.326 e. The minimum Gasteiger partial charge on any atom is -0.481 e. The Morgan fingerprint density at radius 3 is 1.88 bits per heavy atom. The Balaban J connectivity index is 2.20. The van der Waals surface area contributed by atoms with Gasteiger partial charge in [-0.3, -0.25) is 24.2 Å². The Morgan fingerprint density at radius 1 is 0.829 bits per heavy atom. The van der Waals surface area contributed by atoms with Gasteiger partial charge in [0.2, 0.25) is 17.7 Å². The summed E-state index contributed by atoms with van der Waals surface area (Å²) in [6.45, 7) is 0.138. The van der Waals surface area contributed by atoms with E-state index in [0.29, 0.717) is 11.4 Å². The van der Waals surface area contributed by atoms with Crippen molar-refractivity contribution in [2.45, 2.75) is 62.7 Å². The van der Waals surface area contributed by atoms with Crippen LogP contribution in [-0.4, -0.2) is 96.5 Å². The molecule has 13 N–H and O–H groups in total. The topological polar surface area (TPSA) is 310 Å². The molecule has 2 aromatic rings. The second-order valence-electron chi connectivity index (χ2n) is 9.07. The molecular weight excluding hydrogens is 542 g/mol. The van der Waals surface area contributed by atoms with E-state index >= 15 is 0 Å². The van der Waals surface area contributed by atoms with Crippen molar-refractivity contribution in [2.75, 3.05) is 6.54 Å². The number of carboxylic acids is 2. The quantitative estimate of drug-likeness (QED) is 0.0473. The third-order valence-electron chi connectivity index (χ3n) is 5.79. The first-order chi connectivity index (χ1) is 19.5. The minimum atomic E-state index is -1.34. The van der Waals surface area contributed by atoms with E-state index in [1.807, 2.05) is 0 Å². The number of carbonyl (C=O) groups is 5. The van der Waals surface area contributed by atoms with Crippen molar-refractivity contribution >= 4 is 35.6 Å². The van der Waals surface area contributed by atoms with Crippen LogP contribution < -0.4 is 33.2 Å². The van der Waals surface area contributed by atoms with Crippen molar-refractivity contribution in [3.63, 3.8) is 0 Å². The molecule has 3 amide bonds. The van der Waals surface area contributed by atoms with Gasteiger partial charge >= 0.3 is 11.9 Å². The van der Waals surface area contributed by atoms with E-state index in [-0.39, 0.29) is 51.0 Å². The van der Waals surface area contributed by atoms with Gasteiger partial charge in [-0.25, -0.2) is 14.8 Å². The number of nitrogens with one attached hydrogen (secondary N) is 5. The molecule has 4 unspecified atom stereocenters. The third-order valence-corrected chi connectivity index (χ3v) is 5.79. The van der Waals surface area contributed by atoms with Gasteiger partial charge in [-0.15, -0.1) is 0 Å². The van der Waals surface area contributed by atoms with Crippen LogP contribution in [0, 0.1) is 0 Å². The molecule has 18 nitrogen and oxygen atoms in total. The second-order valence-corrected chi connectivity index (χ2v) is 9.07. The van der Waals surface area contributed by atoms with Crippen molar-refractivity contribution in [3.8, 4) is 0 Å². The number of carbonyl (C=O) groups excluding carboxylic acids is 3. The predicted molar refractivity (Wildman–Crippen MR) is 143 cm³/mol. The monoisotopic (exact) mass is 577 g/mol. The number of guanidine groups is 1. The normalized spacial score (nSPS) is 13.7. The van der Waals surface area contributed by atoms with Crippen LogP contribution in [0.25, 0.3) is 0 Å². The molecule has 0 spiro atoms. The number of hydrogen-bond donors (Lipinski definition) is 10. The maximum absolute atomic E-state index is 13.3. The fourth-order valence-corrected chi connectivity index (χ4v) is 3.65. The summed E-state index contributed by atoms with van der Waals surface area (Å²) in [5.74, 6) is -4.95. The first-order valence-corrected chi connectivity index (χ1v) is 12.6. The maximum Gasteiger partial charge on any atom is 0.326 e. The summed E-state index contributed by atoms with van der Waals surface area (Å²) < 4.78 is 0. The zero-order valence-corrected chi connectivity index (χ0v) is 22.1. The largest absolute Gasteiger partial charge is 0.481 e. The number of carboxylic acid groups (broad SMARTS) is 2. The van der Waals surface area contributed by atoms with Gasteiger partial charge in [0, 0.05) is 49.6 Å². The van der Waals surface area contributed by atoms with E-state index in [4.69, 9.17) is 22.3 Å². The summed E-state index contributed by atoms with van der Waals surface area (Å²) >= 11 is 0. The average Bonchev–Trinajstić information content (AvgIpc) is 3.62. The first kappa shape index (κ1) is 32.2. The Morgan fingerprint density at radius 2 is 1.37 bits per heavy atom. The number of aliphatic carboxylic acids is 2. The third kappa shape index (κ3) is 11.7.